The number of carbonyl (C=O) groups is 1. The van der Waals surface area contributed by atoms with E-state index in [1.54, 1.807) is 30.3 Å². The molecule has 0 saturated heterocycles. The molecule has 0 saturated carbocycles. The maximum absolute atomic E-state index is 11.8. The fraction of sp³-hybridized carbons (Fsp3) is 0.0833. The van der Waals surface area contributed by atoms with Crippen LogP contribution in [-0.4, -0.2) is 21.1 Å². The van der Waals surface area contributed by atoms with Crippen LogP contribution in [0.25, 0.3) is 0 Å². The van der Waals surface area contributed by atoms with Crippen molar-refractivity contribution < 1.29 is 4.79 Å². The average Bonchev–Trinajstić information content (AvgIpc) is 2.86. The molecule has 2 rings (SSSR count). The highest BCUT2D eigenvalue weighted by molar-refractivity contribution is 7.99. The number of halogens is 1. The van der Waals surface area contributed by atoms with Crippen LogP contribution in [0.3, 0.4) is 0 Å². The van der Waals surface area contributed by atoms with E-state index in [1.165, 1.54) is 11.8 Å². The Morgan fingerprint density at radius 2 is 2.15 bits per heavy atom. The molecule has 2 N–H and O–H groups in total. The van der Waals surface area contributed by atoms with Crippen LogP contribution in [0, 0.1) is 0 Å². The van der Waals surface area contributed by atoms with Crippen LogP contribution >= 0.6 is 34.9 Å². The summed E-state index contributed by atoms with van der Waals surface area (Å²) >= 11 is 8.36. The largest absolute Gasteiger partial charge is 0.325 e. The van der Waals surface area contributed by atoms with E-state index in [2.05, 4.69) is 26.6 Å². The van der Waals surface area contributed by atoms with E-state index in [0.29, 0.717) is 21.0 Å². The molecule has 0 unspecified atom stereocenters. The summed E-state index contributed by atoms with van der Waals surface area (Å²) in [6.07, 6.45) is 1.77. The molecule has 0 aliphatic heterocycles. The summed E-state index contributed by atoms with van der Waals surface area (Å²) in [4.78, 5) is 15.9. The predicted molar refractivity (Wildman–Crippen MR) is 84.9 cm³/mol. The molecule has 1 aromatic carbocycles. The first-order chi connectivity index (χ1) is 9.67. The second-order valence-electron chi connectivity index (χ2n) is 3.57. The summed E-state index contributed by atoms with van der Waals surface area (Å²) in [7, 11) is 0. The Labute approximate surface area is 129 Å². The van der Waals surface area contributed by atoms with Gasteiger partial charge in [-0.1, -0.05) is 29.4 Å². The first-order valence-corrected chi connectivity index (χ1v) is 7.72. The Kier molecular flexibility index (Phi) is 5.40. The highest BCUT2D eigenvalue weighted by Gasteiger charge is 2.08. The molecule has 8 heteroatoms. The molecule has 0 bridgehead atoms. The van der Waals surface area contributed by atoms with Crippen molar-refractivity contribution in [2.45, 2.75) is 5.16 Å². The average molecular weight is 327 g/mol. The third kappa shape index (κ3) is 4.52. The van der Waals surface area contributed by atoms with Gasteiger partial charge < -0.3 is 5.32 Å². The number of nitrogens with one attached hydrogen (secondary N) is 2. The van der Waals surface area contributed by atoms with Crippen molar-refractivity contribution in [1.29, 1.82) is 0 Å². The highest BCUT2D eigenvalue weighted by Crippen LogP contribution is 2.20. The van der Waals surface area contributed by atoms with E-state index in [0.717, 1.165) is 17.3 Å². The van der Waals surface area contributed by atoms with Crippen molar-refractivity contribution >= 4 is 51.7 Å². The molecular formula is C12H11ClN4OS2. The molecule has 5 nitrogen and oxygen atoms in total. The van der Waals surface area contributed by atoms with Crippen molar-refractivity contribution in [3.8, 4) is 0 Å². The van der Waals surface area contributed by atoms with Gasteiger partial charge >= 0.3 is 6.03 Å². The summed E-state index contributed by atoms with van der Waals surface area (Å²) < 4.78 is 4.11. The van der Waals surface area contributed by atoms with E-state index < -0.39 is 0 Å². The van der Waals surface area contributed by atoms with Crippen molar-refractivity contribution in [3.05, 3.63) is 41.9 Å². The summed E-state index contributed by atoms with van der Waals surface area (Å²) in [6, 6.07) is 6.46. The highest BCUT2D eigenvalue weighted by atomic mass is 35.5. The van der Waals surface area contributed by atoms with Gasteiger partial charge in [-0.2, -0.15) is 9.36 Å². The predicted octanol–water partition coefficient (Wildman–Crippen LogP) is 4.11. The molecule has 0 radical (unpaired) electrons. The third-order valence-corrected chi connectivity index (χ3v) is 3.90. The molecule has 2 aromatic rings. The minimum atomic E-state index is -0.372. The third-order valence-electron chi connectivity index (χ3n) is 2.06. The zero-order valence-corrected chi connectivity index (χ0v) is 12.7. The van der Waals surface area contributed by atoms with Crippen LogP contribution in [0.2, 0.25) is 5.02 Å². The smallest absolute Gasteiger partial charge is 0.308 e. The van der Waals surface area contributed by atoms with Crippen LogP contribution in [0.4, 0.5) is 15.6 Å². The number of hydrogen-bond acceptors (Lipinski definition) is 5. The maximum Gasteiger partial charge on any atom is 0.325 e. The molecule has 0 fully saturated rings. The second kappa shape index (κ2) is 7.28. The van der Waals surface area contributed by atoms with Crippen LogP contribution in [0.1, 0.15) is 0 Å². The summed E-state index contributed by atoms with van der Waals surface area (Å²) in [6.45, 7) is 3.62. The van der Waals surface area contributed by atoms with Crippen molar-refractivity contribution in [2.75, 3.05) is 16.4 Å². The van der Waals surface area contributed by atoms with Crippen molar-refractivity contribution in [3.63, 3.8) is 0 Å². The SMILES string of the molecule is C=CCSc1nsc(NC(=O)Nc2ccc(Cl)cc2)n1. The minimum Gasteiger partial charge on any atom is -0.308 e. The molecule has 0 aliphatic carbocycles. The van der Waals surface area contributed by atoms with Gasteiger partial charge in [0.1, 0.15) is 0 Å². The van der Waals surface area contributed by atoms with Gasteiger partial charge in [-0.25, -0.2) is 4.79 Å². The zero-order valence-electron chi connectivity index (χ0n) is 10.3. The Balaban J connectivity index is 1.89. The quantitative estimate of drug-likeness (QED) is 0.641. The first-order valence-electron chi connectivity index (χ1n) is 5.58. The maximum atomic E-state index is 11.8. The molecule has 1 heterocycles. The van der Waals surface area contributed by atoms with Crippen LogP contribution < -0.4 is 10.6 Å². The van der Waals surface area contributed by atoms with Gasteiger partial charge in [-0.3, -0.25) is 5.32 Å². The zero-order chi connectivity index (χ0) is 14.4. The molecular weight excluding hydrogens is 316 g/mol. The number of hydrogen-bond donors (Lipinski definition) is 2. The molecule has 20 heavy (non-hydrogen) atoms. The van der Waals surface area contributed by atoms with Crippen LogP contribution in [0.5, 0.6) is 0 Å². The number of rotatable bonds is 5. The van der Waals surface area contributed by atoms with Gasteiger partial charge in [0.2, 0.25) is 10.3 Å². The Morgan fingerprint density at radius 3 is 2.85 bits per heavy atom. The lowest BCUT2D eigenvalue weighted by atomic mass is 10.3. The summed E-state index contributed by atoms with van der Waals surface area (Å²) in [5.74, 6) is 0.729. The Morgan fingerprint density at radius 1 is 1.40 bits per heavy atom. The molecule has 2 amide bonds. The van der Waals surface area contributed by atoms with Gasteiger partial charge in [0.05, 0.1) is 0 Å². The molecule has 1 aromatic heterocycles. The summed E-state index contributed by atoms with van der Waals surface area (Å²) in [5.41, 5.74) is 0.651. The second-order valence-corrected chi connectivity index (χ2v) is 5.74. The molecule has 0 atom stereocenters. The minimum absolute atomic E-state index is 0.372. The van der Waals surface area contributed by atoms with E-state index in [4.69, 9.17) is 11.6 Å². The number of urea groups is 1. The lowest BCUT2D eigenvalue weighted by molar-refractivity contribution is 0.262. The number of nitrogens with zero attached hydrogens (tertiary/aromatic N) is 2. The number of benzene rings is 1. The fourth-order valence-corrected chi connectivity index (χ4v) is 2.65. The van der Waals surface area contributed by atoms with E-state index in [-0.39, 0.29) is 6.03 Å². The first kappa shape index (κ1) is 14.8. The lowest BCUT2D eigenvalue weighted by Crippen LogP contribution is -2.19. The Bertz CT molecular complexity index is 600. The number of anilines is 2. The van der Waals surface area contributed by atoms with Gasteiger partial charge in [0.25, 0.3) is 0 Å². The van der Waals surface area contributed by atoms with Crippen LogP contribution in [0.15, 0.2) is 42.1 Å². The van der Waals surface area contributed by atoms with E-state index in [9.17, 15) is 4.79 Å². The van der Waals surface area contributed by atoms with Crippen molar-refractivity contribution in [2.24, 2.45) is 0 Å². The van der Waals surface area contributed by atoms with Crippen molar-refractivity contribution in [1.82, 2.24) is 9.36 Å². The normalized spacial score (nSPS) is 10.1. The van der Waals surface area contributed by atoms with Gasteiger partial charge in [0, 0.05) is 28.0 Å². The lowest BCUT2D eigenvalue weighted by Gasteiger charge is -2.04. The van der Waals surface area contributed by atoms with Crippen LogP contribution in [-0.2, 0) is 0 Å². The monoisotopic (exact) mass is 326 g/mol. The number of aromatic nitrogens is 2. The topological polar surface area (TPSA) is 66.9 Å². The van der Waals surface area contributed by atoms with Gasteiger partial charge in [-0.05, 0) is 24.3 Å². The number of carbonyl (C=O) groups excluding carboxylic acids is 1. The molecule has 0 aliphatic rings. The number of thioether (sulfide) groups is 1. The van der Waals surface area contributed by atoms with Gasteiger partial charge in [-0.15, -0.1) is 6.58 Å². The molecule has 104 valence electrons. The van der Waals surface area contributed by atoms with Gasteiger partial charge in [0.15, 0.2) is 0 Å². The Hall–Kier alpha value is -1.57. The standard InChI is InChI=1S/C12H11ClN4OS2/c1-2-7-19-12-16-11(20-17-12)15-10(18)14-9-5-3-8(13)4-6-9/h2-6H,1,7H2,(H2,14,15,16,17,18). The van der Waals surface area contributed by atoms with E-state index >= 15 is 0 Å². The number of amides is 2. The van der Waals surface area contributed by atoms with E-state index in [1.807, 2.05) is 0 Å². The summed E-state index contributed by atoms with van der Waals surface area (Å²) in [5, 5.41) is 6.99. The molecule has 0 spiro atoms. The fourth-order valence-electron chi connectivity index (χ4n) is 1.25.